The first-order valence-corrected chi connectivity index (χ1v) is 5.96. The molecule has 1 aromatic rings. The van der Waals surface area contributed by atoms with Gasteiger partial charge < -0.3 is 15.6 Å². The number of carbonyl (C=O) groups is 1. The zero-order valence-corrected chi connectivity index (χ0v) is 10.9. The molecule has 1 unspecified atom stereocenters. The third-order valence-corrected chi connectivity index (χ3v) is 2.74. The Morgan fingerprint density at radius 2 is 2.29 bits per heavy atom. The van der Waals surface area contributed by atoms with Crippen LogP contribution < -0.4 is 11.1 Å². The van der Waals surface area contributed by atoms with Crippen LogP contribution in [0.1, 0.15) is 13.8 Å². The number of hydrogen-bond acceptors (Lipinski definition) is 3. The molecule has 0 aliphatic heterocycles. The first-order chi connectivity index (χ1) is 8.02. The molecule has 94 valence electrons. The van der Waals surface area contributed by atoms with Crippen molar-refractivity contribution in [1.82, 2.24) is 14.9 Å². The van der Waals surface area contributed by atoms with Gasteiger partial charge in [-0.1, -0.05) is 26.1 Å². The maximum atomic E-state index is 11.9. The molecule has 0 bridgehead atoms. The standard InChI is InChI=1S/C11H18N4OS/c1-8(2)9(10(12)17)11(16)14-4-6-15-5-3-13-7-15/h3,5,7-9H,4,6H2,1-2H3,(H2,12,17)(H,14,16). The van der Waals surface area contributed by atoms with Crippen LogP contribution in [0.2, 0.25) is 0 Å². The largest absolute Gasteiger partial charge is 0.393 e. The Morgan fingerprint density at radius 1 is 1.59 bits per heavy atom. The molecule has 1 heterocycles. The molecule has 1 aromatic heterocycles. The van der Waals surface area contributed by atoms with Gasteiger partial charge in [-0.05, 0) is 5.92 Å². The van der Waals surface area contributed by atoms with E-state index in [2.05, 4.69) is 10.3 Å². The number of carbonyl (C=O) groups excluding carboxylic acids is 1. The van der Waals surface area contributed by atoms with Gasteiger partial charge in [0.1, 0.15) is 0 Å². The van der Waals surface area contributed by atoms with Crippen LogP contribution in [0.3, 0.4) is 0 Å². The molecule has 0 fully saturated rings. The molecule has 1 rings (SSSR count). The lowest BCUT2D eigenvalue weighted by molar-refractivity contribution is -0.124. The molecule has 0 saturated heterocycles. The number of rotatable bonds is 6. The molecule has 0 saturated carbocycles. The highest BCUT2D eigenvalue weighted by atomic mass is 32.1. The van der Waals surface area contributed by atoms with Crippen LogP contribution in [-0.2, 0) is 11.3 Å². The lowest BCUT2D eigenvalue weighted by Gasteiger charge is -2.18. The Morgan fingerprint density at radius 3 is 2.76 bits per heavy atom. The highest BCUT2D eigenvalue weighted by molar-refractivity contribution is 7.80. The molecule has 0 aliphatic rings. The Balaban J connectivity index is 2.40. The maximum Gasteiger partial charge on any atom is 0.230 e. The molecule has 0 radical (unpaired) electrons. The van der Waals surface area contributed by atoms with Crippen molar-refractivity contribution >= 4 is 23.1 Å². The summed E-state index contributed by atoms with van der Waals surface area (Å²) in [5.41, 5.74) is 5.56. The molecule has 0 aliphatic carbocycles. The molecule has 0 spiro atoms. The van der Waals surface area contributed by atoms with Gasteiger partial charge in [0.15, 0.2) is 0 Å². The molecule has 3 N–H and O–H groups in total. The number of hydrogen-bond donors (Lipinski definition) is 2. The van der Waals surface area contributed by atoms with Crippen LogP contribution in [0.15, 0.2) is 18.7 Å². The monoisotopic (exact) mass is 254 g/mol. The summed E-state index contributed by atoms with van der Waals surface area (Å²) in [6.45, 7) is 5.09. The van der Waals surface area contributed by atoms with E-state index in [9.17, 15) is 4.79 Å². The summed E-state index contributed by atoms with van der Waals surface area (Å²) < 4.78 is 1.89. The number of imidazole rings is 1. The Bertz CT molecular complexity index is 375. The number of amides is 1. The van der Waals surface area contributed by atoms with Crippen molar-refractivity contribution in [3.05, 3.63) is 18.7 Å². The fourth-order valence-corrected chi connectivity index (χ4v) is 1.98. The van der Waals surface area contributed by atoms with E-state index in [0.29, 0.717) is 13.1 Å². The number of nitrogens with one attached hydrogen (secondary N) is 1. The van der Waals surface area contributed by atoms with Crippen molar-refractivity contribution in [3.63, 3.8) is 0 Å². The number of nitrogens with zero attached hydrogens (tertiary/aromatic N) is 2. The van der Waals surface area contributed by atoms with Gasteiger partial charge in [0.25, 0.3) is 0 Å². The molecule has 6 heteroatoms. The topological polar surface area (TPSA) is 72.9 Å². The first kappa shape index (κ1) is 13.6. The zero-order valence-electron chi connectivity index (χ0n) is 10.1. The van der Waals surface area contributed by atoms with Gasteiger partial charge in [-0.2, -0.15) is 0 Å². The second-order valence-electron chi connectivity index (χ2n) is 4.22. The van der Waals surface area contributed by atoms with Crippen molar-refractivity contribution in [3.8, 4) is 0 Å². The van der Waals surface area contributed by atoms with Crippen molar-refractivity contribution in [2.75, 3.05) is 6.54 Å². The molecule has 5 nitrogen and oxygen atoms in total. The summed E-state index contributed by atoms with van der Waals surface area (Å²) >= 11 is 4.90. The Labute approximate surface area is 106 Å². The fraction of sp³-hybridized carbons (Fsp3) is 0.545. The third kappa shape index (κ3) is 4.14. The van der Waals surface area contributed by atoms with Crippen LogP contribution in [0, 0.1) is 11.8 Å². The molecule has 1 amide bonds. The molecule has 0 aromatic carbocycles. The predicted octanol–water partition coefficient (Wildman–Crippen LogP) is 0.558. The van der Waals surface area contributed by atoms with Gasteiger partial charge in [-0.25, -0.2) is 4.98 Å². The van der Waals surface area contributed by atoms with Crippen LogP contribution in [0.4, 0.5) is 0 Å². The zero-order chi connectivity index (χ0) is 12.8. The average molecular weight is 254 g/mol. The van der Waals surface area contributed by atoms with E-state index >= 15 is 0 Å². The minimum Gasteiger partial charge on any atom is -0.393 e. The predicted molar refractivity (Wildman–Crippen MR) is 70.4 cm³/mol. The van der Waals surface area contributed by atoms with Gasteiger partial charge in [-0.3, -0.25) is 4.79 Å². The van der Waals surface area contributed by atoms with E-state index in [-0.39, 0.29) is 16.8 Å². The molecule has 17 heavy (non-hydrogen) atoms. The number of nitrogens with two attached hydrogens (primary N) is 1. The first-order valence-electron chi connectivity index (χ1n) is 5.55. The Hall–Kier alpha value is -1.43. The minimum atomic E-state index is -0.396. The van der Waals surface area contributed by atoms with Crippen molar-refractivity contribution in [2.45, 2.75) is 20.4 Å². The summed E-state index contributed by atoms with van der Waals surface area (Å²) in [5.74, 6) is -0.388. The SMILES string of the molecule is CC(C)C(C(=O)NCCn1ccnc1)C(N)=S. The maximum absolute atomic E-state index is 11.9. The van der Waals surface area contributed by atoms with Crippen LogP contribution in [0.25, 0.3) is 0 Å². The fourth-order valence-electron chi connectivity index (χ4n) is 1.60. The van der Waals surface area contributed by atoms with E-state index in [4.69, 9.17) is 18.0 Å². The second-order valence-corrected chi connectivity index (χ2v) is 4.69. The highest BCUT2D eigenvalue weighted by Gasteiger charge is 2.24. The van der Waals surface area contributed by atoms with E-state index in [1.165, 1.54) is 0 Å². The van der Waals surface area contributed by atoms with Crippen LogP contribution in [-0.4, -0.2) is 27.0 Å². The van der Waals surface area contributed by atoms with Gasteiger partial charge in [0.05, 0.1) is 17.2 Å². The highest BCUT2D eigenvalue weighted by Crippen LogP contribution is 2.11. The molecular weight excluding hydrogens is 236 g/mol. The smallest absolute Gasteiger partial charge is 0.230 e. The van der Waals surface area contributed by atoms with Crippen LogP contribution >= 0.6 is 12.2 Å². The average Bonchev–Trinajstić information content (AvgIpc) is 2.69. The van der Waals surface area contributed by atoms with Gasteiger partial charge in [-0.15, -0.1) is 0 Å². The quantitative estimate of drug-likeness (QED) is 0.727. The normalized spacial score (nSPS) is 12.4. The van der Waals surface area contributed by atoms with Crippen molar-refractivity contribution < 1.29 is 4.79 Å². The van der Waals surface area contributed by atoms with Gasteiger partial charge in [0.2, 0.25) is 5.91 Å². The van der Waals surface area contributed by atoms with Gasteiger partial charge >= 0.3 is 0 Å². The van der Waals surface area contributed by atoms with E-state index < -0.39 is 5.92 Å². The third-order valence-electron chi connectivity index (χ3n) is 2.48. The summed E-state index contributed by atoms with van der Waals surface area (Å²) in [7, 11) is 0. The second kappa shape index (κ2) is 6.34. The summed E-state index contributed by atoms with van der Waals surface area (Å²) in [4.78, 5) is 16.0. The van der Waals surface area contributed by atoms with E-state index in [0.717, 1.165) is 0 Å². The van der Waals surface area contributed by atoms with Crippen LogP contribution in [0.5, 0.6) is 0 Å². The number of thiocarbonyl (C=S) groups is 1. The summed E-state index contributed by atoms with van der Waals surface area (Å²) in [6, 6.07) is 0. The van der Waals surface area contributed by atoms with Crippen molar-refractivity contribution in [1.29, 1.82) is 0 Å². The van der Waals surface area contributed by atoms with Crippen molar-refractivity contribution in [2.24, 2.45) is 17.6 Å². The lowest BCUT2D eigenvalue weighted by Crippen LogP contribution is -2.41. The Kier molecular flexibility index (Phi) is 5.09. The van der Waals surface area contributed by atoms with E-state index in [1.54, 1.807) is 12.5 Å². The lowest BCUT2D eigenvalue weighted by atomic mass is 9.95. The molecular formula is C11H18N4OS. The number of aromatic nitrogens is 2. The minimum absolute atomic E-state index is 0.104. The summed E-state index contributed by atoms with van der Waals surface area (Å²) in [6.07, 6.45) is 5.26. The molecule has 1 atom stereocenters. The summed E-state index contributed by atoms with van der Waals surface area (Å²) in [5, 5.41) is 2.83. The van der Waals surface area contributed by atoms with E-state index in [1.807, 2.05) is 24.6 Å². The van der Waals surface area contributed by atoms with Gasteiger partial charge in [0, 0.05) is 25.5 Å².